The molecular formula is C7H7NO3. The van der Waals surface area contributed by atoms with Crippen LogP contribution < -0.4 is 0 Å². The van der Waals surface area contributed by atoms with Crippen LogP contribution >= 0.6 is 0 Å². The molecule has 1 aromatic rings. The fraction of sp³-hybridized carbons (Fsp3) is 0.429. The third kappa shape index (κ3) is 0.753. The van der Waals surface area contributed by atoms with Crippen molar-refractivity contribution in [3.8, 4) is 0 Å². The second-order valence-corrected chi connectivity index (χ2v) is 2.80. The summed E-state index contributed by atoms with van der Waals surface area (Å²) in [6.45, 7) is 0. The molecule has 0 radical (unpaired) electrons. The lowest BCUT2D eigenvalue weighted by atomic mass is 10.0. The summed E-state index contributed by atoms with van der Waals surface area (Å²) in [5.41, 5.74) is 0.0185. The van der Waals surface area contributed by atoms with E-state index >= 15 is 0 Å². The third-order valence-corrected chi connectivity index (χ3v) is 2.14. The quantitative estimate of drug-likeness (QED) is 0.682. The number of hydrogen-bond acceptors (Lipinski definition) is 3. The van der Waals surface area contributed by atoms with Gasteiger partial charge >= 0.3 is 5.97 Å². The predicted molar refractivity (Wildman–Crippen MR) is 35.1 cm³/mol. The van der Waals surface area contributed by atoms with E-state index < -0.39 is 11.4 Å². The first-order chi connectivity index (χ1) is 5.26. The van der Waals surface area contributed by atoms with Crippen molar-refractivity contribution in [3.63, 3.8) is 0 Å². The zero-order valence-electron chi connectivity index (χ0n) is 5.78. The minimum Gasteiger partial charge on any atom is -0.481 e. The van der Waals surface area contributed by atoms with Crippen LogP contribution in [0.5, 0.6) is 0 Å². The maximum atomic E-state index is 10.7. The van der Waals surface area contributed by atoms with Crippen LogP contribution in [0.25, 0.3) is 0 Å². The molecule has 0 aliphatic heterocycles. The molecule has 0 unspecified atom stereocenters. The molecule has 1 N–H and O–H groups in total. The first-order valence-corrected chi connectivity index (χ1v) is 3.39. The number of aromatic nitrogens is 1. The van der Waals surface area contributed by atoms with Crippen LogP contribution in [0.2, 0.25) is 0 Å². The Bertz CT molecular complexity index is 274. The van der Waals surface area contributed by atoms with E-state index in [0.717, 1.165) is 0 Å². The van der Waals surface area contributed by atoms with Crippen molar-refractivity contribution in [3.05, 3.63) is 18.0 Å². The Hall–Kier alpha value is -1.32. The topological polar surface area (TPSA) is 63.3 Å². The van der Waals surface area contributed by atoms with Gasteiger partial charge in [0.15, 0.2) is 0 Å². The molecule has 2 rings (SSSR count). The number of carboxylic acids is 1. The van der Waals surface area contributed by atoms with E-state index in [4.69, 9.17) is 5.11 Å². The zero-order chi connectivity index (χ0) is 7.90. The van der Waals surface area contributed by atoms with E-state index in [-0.39, 0.29) is 0 Å². The average Bonchev–Trinajstić information content (AvgIpc) is 2.61. The van der Waals surface area contributed by atoms with E-state index in [2.05, 4.69) is 9.68 Å². The third-order valence-electron chi connectivity index (χ3n) is 2.14. The Labute approximate surface area is 62.8 Å². The van der Waals surface area contributed by atoms with Crippen LogP contribution in [-0.4, -0.2) is 16.2 Å². The molecule has 0 atom stereocenters. The maximum absolute atomic E-state index is 10.7. The van der Waals surface area contributed by atoms with Crippen molar-refractivity contribution in [2.45, 2.75) is 18.3 Å². The van der Waals surface area contributed by atoms with Crippen LogP contribution in [0.15, 0.2) is 17.0 Å². The van der Waals surface area contributed by atoms with Gasteiger partial charge in [0.1, 0.15) is 6.26 Å². The first-order valence-electron chi connectivity index (χ1n) is 3.39. The minimum absolute atomic E-state index is 0.667. The molecule has 1 aliphatic rings. The lowest BCUT2D eigenvalue weighted by molar-refractivity contribution is -0.140. The molecule has 1 fully saturated rings. The van der Waals surface area contributed by atoms with Gasteiger partial charge in [-0.3, -0.25) is 4.79 Å². The first kappa shape index (κ1) is 6.39. The number of hydrogen-bond donors (Lipinski definition) is 1. The van der Waals surface area contributed by atoms with E-state index in [1.54, 1.807) is 0 Å². The number of rotatable bonds is 2. The van der Waals surface area contributed by atoms with Gasteiger partial charge in [-0.15, -0.1) is 0 Å². The normalized spacial score (nSPS) is 19.6. The molecular weight excluding hydrogens is 146 g/mol. The Morgan fingerprint density at radius 2 is 2.45 bits per heavy atom. The van der Waals surface area contributed by atoms with Gasteiger partial charge < -0.3 is 9.63 Å². The van der Waals surface area contributed by atoms with Gasteiger partial charge in [-0.2, -0.15) is 0 Å². The summed E-state index contributed by atoms with van der Waals surface area (Å²) in [5.74, 6) is -0.777. The van der Waals surface area contributed by atoms with Gasteiger partial charge in [-0.05, 0) is 12.8 Å². The highest BCUT2D eigenvalue weighted by atomic mass is 16.5. The highest BCUT2D eigenvalue weighted by Gasteiger charge is 2.52. The summed E-state index contributed by atoms with van der Waals surface area (Å²) in [5, 5.41) is 12.3. The van der Waals surface area contributed by atoms with Crippen molar-refractivity contribution in [2.24, 2.45) is 0 Å². The summed E-state index contributed by atoms with van der Waals surface area (Å²) in [7, 11) is 0. The molecule has 1 aromatic heterocycles. The molecule has 58 valence electrons. The highest BCUT2D eigenvalue weighted by Crippen LogP contribution is 2.48. The Balaban J connectivity index is 2.36. The van der Waals surface area contributed by atoms with E-state index in [0.29, 0.717) is 18.4 Å². The van der Waals surface area contributed by atoms with E-state index in [1.807, 2.05) is 0 Å². The Morgan fingerprint density at radius 3 is 2.82 bits per heavy atom. The maximum Gasteiger partial charge on any atom is 0.314 e. The minimum atomic E-state index is -0.777. The van der Waals surface area contributed by atoms with Crippen molar-refractivity contribution in [2.75, 3.05) is 0 Å². The van der Waals surface area contributed by atoms with Crippen LogP contribution in [0.4, 0.5) is 0 Å². The van der Waals surface area contributed by atoms with Gasteiger partial charge in [0.2, 0.25) is 0 Å². The number of carbonyl (C=O) groups is 1. The van der Waals surface area contributed by atoms with Gasteiger partial charge in [0.05, 0.1) is 11.6 Å². The number of carboxylic acid groups (broad SMARTS) is 1. The lowest BCUT2D eigenvalue weighted by Crippen LogP contribution is -2.18. The van der Waals surface area contributed by atoms with Gasteiger partial charge in [0.25, 0.3) is 0 Å². The second-order valence-electron chi connectivity index (χ2n) is 2.80. The predicted octanol–water partition coefficient (Wildman–Crippen LogP) is 0.791. The van der Waals surface area contributed by atoms with Gasteiger partial charge in [0, 0.05) is 5.56 Å². The molecule has 1 saturated carbocycles. The molecule has 0 aromatic carbocycles. The summed E-state index contributed by atoms with van der Waals surface area (Å²) in [6, 6.07) is 0. The standard InChI is InChI=1S/C7H7NO3/c9-6(10)7(1-2-7)5-3-8-11-4-5/h3-4H,1-2H2,(H,9,10). The molecule has 4 nitrogen and oxygen atoms in total. The van der Waals surface area contributed by atoms with Gasteiger partial charge in [-0.1, -0.05) is 5.16 Å². The molecule has 11 heavy (non-hydrogen) atoms. The summed E-state index contributed by atoms with van der Waals surface area (Å²) >= 11 is 0. The van der Waals surface area contributed by atoms with Crippen LogP contribution in [-0.2, 0) is 10.2 Å². The van der Waals surface area contributed by atoms with Crippen LogP contribution in [0.1, 0.15) is 18.4 Å². The molecule has 0 spiro atoms. The monoisotopic (exact) mass is 153 g/mol. The van der Waals surface area contributed by atoms with Crippen LogP contribution in [0, 0.1) is 0 Å². The second kappa shape index (κ2) is 1.84. The largest absolute Gasteiger partial charge is 0.481 e. The van der Waals surface area contributed by atoms with Crippen molar-refractivity contribution >= 4 is 5.97 Å². The zero-order valence-corrected chi connectivity index (χ0v) is 5.78. The molecule has 0 saturated heterocycles. The smallest absolute Gasteiger partial charge is 0.314 e. The summed E-state index contributed by atoms with van der Waals surface area (Å²) in [4.78, 5) is 10.7. The number of aliphatic carboxylic acids is 1. The molecule has 4 heteroatoms. The molecule has 1 aliphatic carbocycles. The van der Waals surface area contributed by atoms with Crippen molar-refractivity contribution < 1.29 is 14.4 Å². The SMILES string of the molecule is O=C(O)C1(c2cnoc2)CC1. The van der Waals surface area contributed by atoms with E-state index in [1.165, 1.54) is 12.5 Å². The Kier molecular flexibility index (Phi) is 1.07. The molecule has 0 amide bonds. The lowest BCUT2D eigenvalue weighted by Gasteiger charge is -2.02. The summed E-state index contributed by atoms with van der Waals surface area (Å²) in [6.07, 6.45) is 4.27. The molecule has 1 heterocycles. The molecule has 0 bridgehead atoms. The fourth-order valence-electron chi connectivity index (χ4n) is 1.19. The highest BCUT2D eigenvalue weighted by molar-refractivity contribution is 5.84. The van der Waals surface area contributed by atoms with Gasteiger partial charge in [-0.25, -0.2) is 0 Å². The van der Waals surface area contributed by atoms with Crippen molar-refractivity contribution in [1.29, 1.82) is 0 Å². The fourth-order valence-corrected chi connectivity index (χ4v) is 1.19. The Morgan fingerprint density at radius 1 is 1.73 bits per heavy atom. The van der Waals surface area contributed by atoms with Crippen LogP contribution in [0.3, 0.4) is 0 Å². The van der Waals surface area contributed by atoms with Crippen molar-refractivity contribution in [1.82, 2.24) is 5.16 Å². The average molecular weight is 153 g/mol. The summed E-state index contributed by atoms with van der Waals surface area (Å²) < 4.78 is 4.58. The number of nitrogens with zero attached hydrogens (tertiary/aromatic N) is 1. The van der Waals surface area contributed by atoms with E-state index in [9.17, 15) is 4.79 Å².